The van der Waals surface area contributed by atoms with Crippen LogP contribution in [0.5, 0.6) is 0 Å². The zero-order valence-corrected chi connectivity index (χ0v) is 27.0. The average Bonchev–Trinajstić information content (AvgIpc) is 3.19. The minimum absolute atomic E-state index is 0.0554. The van der Waals surface area contributed by atoms with Crippen LogP contribution < -0.4 is 0 Å². The molecule has 4 aliphatic carbocycles. The third kappa shape index (κ3) is 5.40. The van der Waals surface area contributed by atoms with Crippen LogP contribution in [0, 0.1) is 46.3 Å². The van der Waals surface area contributed by atoms with Gasteiger partial charge in [0, 0.05) is 19.6 Å². The van der Waals surface area contributed by atoms with Gasteiger partial charge in [-0.3, -0.25) is 0 Å². The fraction of sp³-hybridized carbons (Fsp3) is 1.00. The molecule has 18 atom stereocenters. The van der Waals surface area contributed by atoms with E-state index in [9.17, 15) is 40.9 Å². The molecule has 4 saturated carbocycles. The minimum atomic E-state index is -1.79. The van der Waals surface area contributed by atoms with Crippen molar-refractivity contribution in [3.05, 3.63) is 0 Å². The van der Waals surface area contributed by atoms with Gasteiger partial charge >= 0.3 is 0 Å². The quantitative estimate of drug-likeness (QED) is 0.166. The zero-order chi connectivity index (χ0) is 32.4. The highest BCUT2D eigenvalue weighted by molar-refractivity contribution is 5.24. The first kappa shape index (κ1) is 34.9. The number of methoxy groups -OCH3 is 1. The van der Waals surface area contributed by atoms with Crippen LogP contribution in [0.2, 0.25) is 0 Å². The van der Waals surface area contributed by atoms with Gasteiger partial charge in [0.2, 0.25) is 0 Å². The fourth-order valence-electron chi connectivity index (χ4n) is 10.9. The van der Waals surface area contributed by atoms with Crippen molar-refractivity contribution in [3.8, 4) is 0 Å². The molecule has 7 unspecified atom stereocenters. The van der Waals surface area contributed by atoms with Crippen LogP contribution in [0.15, 0.2) is 0 Å². The number of rotatable bonds is 9. The van der Waals surface area contributed by atoms with E-state index >= 15 is 0 Å². The lowest BCUT2D eigenvalue weighted by molar-refractivity contribution is -0.322. The summed E-state index contributed by atoms with van der Waals surface area (Å²) in [7, 11) is 1.42. The Morgan fingerprint density at radius 2 is 1.57 bits per heavy atom. The molecule has 0 aromatic carbocycles. The first-order valence-corrected chi connectivity index (χ1v) is 16.9. The van der Waals surface area contributed by atoms with E-state index in [0.29, 0.717) is 32.1 Å². The summed E-state index contributed by atoms with van der Waals surface area (Å²) in [5.41, 5.74) is -3.00. The molecule has 11 heteroatoms. The van der Waals surface area contributed by atoms with Crippen LogP contribution in [0.4, 0.5) is 0 Å². The molecule has 0 bridgehead atoms. The van der Waals surface area contributed by atoms with Crippen molar-refractivity contribution in [2.75, 3.05) is 20.3 Å². The molecule has 5 fully saturated rings. The van der Waals surface area contributed by atoms with E-state index in [0.717, 1.165) is 19.3 Å². The topological polar surface area (TPSA) is 190 Å². The minimum Gasteiger partial charge on any atom is -0.396 e. The van der Waals surface area contributed by atoms with Crippen molar-refractivity contribution in [1.29, 1.82) is 0 Å². The maximum atomic E-state index is 12.7. The third-order valence-electron chi connectivity index (χ3n) is 13.2. The smallest absolute Gasteiger partial charge is 0.186 e. The van der Waals surface area contributed by atoms with Gasteiger partial charge in [0.15, 0.2) is 6.29 Å². The molecule has 0 radical (unpaired) electrons. The first-order chi connectivity index (χ1) is 20.7. The van der Waals surface area contributed by atoms with Gasteiger partial charge in [-0.2, -0.15) is 0 Å². The third-order valence-corrected chi connectivity index (χ3v) is 13.2. The number of aliphatic hydroxyl groups is 8. The second-order valence-corrected chi connectivity index (χ2v) is 15.7. The van der Waals surface area contributed by atoms with Gasteiger partial charge in [-0.1, -0.05) is 40.5 Å². The number of hydrogen-bond donors (Lipinski definition) is 8. The summed E-state index contributed by atoms with van der Waals surface area (Å²) in [4.78, 5) is 0. The second kappa shape index (κ2) is 12.9. The summed E-state index contributed by atoms with van der Waals surface area (Å²) >= 11 is 0. The molecule has 11 nitrogen and oxygen atoms in total. The molecule has 256 valence electrons. The van der Waals surface area contributed by atoms with Crippen molar-refractivity contribution in [3.63, 3.8) is 0 Å². The van der Waals surface area contributed by atoms with E-state index < -0.39 is 83.2 Å². The summed E-state index contributed by atoms with van der Waals surface area (Å²) in [6.45, 7) is 8.23. The highest BCUT2D eigenvalue weighted by atomic mass is 16.7. The molecule has 1 aliphatic heterocycles. The van der Waals surface area contributed by atoms with Crippen LogP contribution in [0.1, 0.15) is 79.1 Å². The summed E-state index contributed by atoms with van der Waals surface area (Å²) in [6, 6.07) is 0. The number of ether oxygens (including phenoxy) is 3. The fourth-order valence-corrected chi connectivity index (χ4v) is 10.9. The molecule has 1 heterocycles. The van der Waals surface area contributed by atoms with Gasteiger partial charge in [-0.25, -0.2) is 0 Å². The number of hydrogen-bond acceptors (Lipinski definition) is 11. The van der Waals surface area contributed by atoms with Crippen LogP contribution in [-0.4, -0.2) is 122 Å². The Labute approximate surface area is 261 Å². The Bertz CT molecular complexity index is 985. The molecule has 0 aromatic heterocycles. The molecule has 5 aliphatic rings. The Kier molecular flexibility index (Phi) is 10.2. The van der Waals surface area contributed by atoms with Crippen molar-refractivity contribution >= 4 is 0 Å². The Hall–Kier alpha value is -0.440. The summed E-state index contributed by atoms with van der Waals surface area (Å²) in [5, 5.41) is 89.0. The van der Waals surface area contributed by atoms with E-state index in [4.69, 9.17) is 14.2 Å². The molecular formula is C33H58O11. The molecule has 0 aromatic rings. The van der Waals surface area contributed by atoms with E-state index in [1.165, 1.54) is 7.11 Å². The lowest BCUT2D eigenvalue weighted by Crippen LogP contribution is -2.75. The summed E-state index contributed by atoms with van der Waals surface area (Å²) in [6.07, 6.45) is -4.05. The maximum Gasteiger partial charge on any atom is 0.186 e. The van der Waals surface area contributed by atoms with Gasteiger partial charge in [0.1, 0.15) is 30.0 Å². The monoisotopic (exact) mass is 630 g/mol. The Morgan fingerprint density at radius 1 is 0.886 bits per heavy atom. The first-order valence-electron chi connectivity index (χ1n) is 16.9. The van der Waals surface area contributed by atoms with E-state index in [1.54, 1.807) is 0 Å². The second-order valence-electron chi connectivity index (χ2n) is 15.7. The largest absolute Gasteiger partial charge is 0.396 e. The Balaban J connectivity index is 1.36. The molecule has 1 saturated heterocycles. The van der Waals surface area contributed by atoms with Crippen molar-refractivity contribution < 1.29 is 55.1 Å². The normalized spacial score (nSPS) is 53.8. The lowest BCUT2D eigenvalue weighted by atomic mass is 9.41. The van der Waals surface area contributed by atoms with Gasteiger partial charge in [-0.15, -0.1) is 0 Å². The molecule has 44 heavy (non-hydrogen) atoms. The molecule has 0 amide bonds. The zero-order valence-electron chi connectivity index (χ0n) is 27.0. The summed E-state index contributed by atoms with van der Waals surface area (Å²) < 4.78 is 17.3. The lowest BCUT2D eigenvalue weighted by Gasteiger charge is -2.67. The predicted molar refractivity (Wildman–Crippen MR) is 159 cm³/mol. The van der Waals surface area contributed by atoms with E-state index in [1.807, 2.05) is 13.8 Å². The van der Waals surface area contributed by atoms with Gasteiger partial charge in [-0.05, 0) is 78.9 Å². The molecule has 8 N–H and O–H groups in total. The van der Waals surface area contributed by atoms with Crippen molar-refractivity contribution in [1.82, 2.24) is 0 Å². The predicted octanol–water partition coefficient (Wildman–Crippen LogP) is 0.557. The van der Waals surface area contributed by atoms with Crippen molar-refractivity contribution in [2.24, 2.45) is 46.3 Å². The maximum absolute atomic E-state index is 12.7. The number of fused-ring (bicyclic) bond motifs is 5. The van der Waals surface area contributed by atoms with Crippen molar-refractivity contribution in [2.45, 2.75) is 140 Å². The molecule has 0 spiro atoms. The average molecular weight is 631 g/mol. The van der Waals surface area contributed by atoms with E-state index in [-0.39, 0.29) is 37.1 Å². The molecule has 5 rings (SSSR count). The SMILES string of the molecule is CO[C@H]1[C@H](OC2CC[C@@]3(C)C(C2)C(O)C(O)[C@@]2(O)[C@@H]4C(O)C(O)[C@H]([C@H](C)CCCC(C)CO)[C@@]4(C)CC[C@@H]23)OC[C@@H](O)[C@@H]1O. The number of aliphatic hydroxyl groups excluding tert-OH is 7. The standard InChI is InChI=1S/C33H58O11/c1-16(14-34)7-6-8-17(2)22-25(38)26(39)28-32(22,4)12-10-21-31(3)11-9-18(13-19(31)23(36)29(40)33(21,28)41)44-30-27(42-5)24(37)20(35)15-43-30/h16-30,34-41H,6-15H2,1-5H3/t16?,17-,18?,19?,20-,21-,22+,23?,24+,25?,26?,27-,28-,29?,30+,31+,32-,33+/m1/s1. The van der Waals surface area contributed by atoms with Crippen LogP contribution in [0.25, 0.3) is 0 Å². The highest BCUT2D eigenvalue weighted by Gasteiger charge is 2.75. The van der Waals surface area contributed by atoms with Crippen LogP contribution in [-0.2, 0) is 14.2 Å². The molecular weight excluding hydrogens is 572 g/mol. The van der Waals surface area contributed by atoms with Crippen LogP contribution >= 0.6 is 0 Å². The van der Waals surface area contributed by atoms with Gasteiger partial charge in [0.05, 0.1) is 31.0 Å². The highest BCUT2D eigenvalue weighted by Crippen LogP contribution is 2.70. The van der Waals surface area contributed by atoms with Gasteiger partial charge in [0.25, 0.3) is 0 Å². The van der Waals surface area contributed by atoms with E-state index in [2.05, 4.69) is 13.8 Å². The Morgan fingerprint density at radius 3 is 2.23 bits per heavy atom. The van der Waals surface area contributed by atoms with Crippen LogP contribution in [0.3, 0.4) is 0 Å². The van der Waals surface area contributed by atoms with Gasteiger partial charge < -0.3 is 55.1 Å². The summed E-state index contributed by atoms with van der Waals surface area (Å²) in [5.74, 6) is -1.65.